The number of anilines is 1. The van der Waals surface area contributed by atoms with Crippen molar-refractivity contribution in [2.45, 2.75) is 26.9 Å². The number of hydrogen-bond acceptors (Lipinski definition) is 6. The topological polar surface area (TPSA) is 61.9 Å². The average Bonchev–Trinajstić information content (AvgIpc) is 3.04. The van der Waals surface area contributed by atoms with Gasteiger partial charge in [-0.05, 0) is 26.3 Å². The molecule has 0 bridgehead atoms. The Bertz CT molecular complexity index is 981. The summed E-state index contributed by atoms with van der Waals surface area (Å²) in [7, 11) is 0. The quantitative estimate of drug-likeness (QED) is 0.594. The van der Waals surface area contributed by atoms with E-state index in [0.29, 0.717) is 23.7 Å². The van der Waals surface area contributed by atoms with Crippen LogP contribution < -0.4 is 5.32 Å². The summed E-state index contributed by atoms with van der Waals surface area (Å²) in [6.07, 6.45) is -4.23. The van der Waals surface area contributed by atoms with Crippen LogP contribution in [0.2, 0.25) is 0 Å². The first-order chi connectivity index (χ1) is 15.6. The number of esters is 1. The summed E-state index contributed by atoms with van der Waals surface area (Å²) in [5.74, 6) is -0.824. The van der Waals surface area contributed by atoms with Gasteiger partial charge in [0.2, 0.25) is 5.91 Å². The molecule has 180 valence electrons. The lowest BCUT2D eigenvalue weighted by molar-refractivity contribution is -0.149. The Morgan fingerprint density at radius 2 is 1.67 bits per heavy atom. The largest absolute Gasteiger partial charge is 0.462 e. The van der Waals surface area contributed by atoms with Crippen molar-refractivity contribution in [2.24, 2.45) is 0 Å². The van der Waals surface area contributed by atoms with Gasteiger partial charge in [0.25, 0.3) is 0 Å². The van der Waals surface area contributed by atoms with Gasteiger partial charge in [-0.25, -0.2) is 4.79 Å². The maximum atomic E-state index is 12.8. The third-order valence-corrected chi connectivity index (χ3v) is 6.41. The van der Waals surface area contributed by atoms with Crippen molar-refractivity contribution in [1.29, 1.82) is 0 Å². The minimum atomic E-state index is -4.23. The zero-order chi connectivity index (χ0) is 24.2. The summed E-state index contributed by atoms with van der Waals surface area (Å²) in [5.41, 5.74) is 3.01. The Hall–Kier alpha value is -2.43. The van der Waals surface area contributed by atoms with Crippen LogP contribution in [0.3, 0.4) is 0 Å². The monoisotopic (exact) mass is 483 g/mol. The molecule has 0 atom stereocenters. The second-order valence-electron chi connectivity index (χ2n) is 8.04. The molecule has 1 N–H and O–H groups in total. The highest BCUT2D eigenvalue weighted by atomic mass is 32.1. The lowest BCUT2D eigenvalue weighted by Crippen LogP contribution is -2.50. The lowest BCUT2D eigenvalue weighted by Gasteiger charge is -2.34. The standard InChI is InChI=1S/C23H28F3N3O3S/c1-4-32-22(31)20-19(17-7-5-15(2)6-8-17)16(3)33-21(20)27-18(30)13-28-9-11-29(12-10-28)14-23(24,25)26/h5-8H,4,9-14H2,1-3H3,(H,27,30). The summed E-state index contributed by atoms with van der Waals surface area (Å²) in [6.45, 7) is 6.12. The van der Waals surface area contributed by atoms with E-state index in [-0.39, 0.29) is 32.1 Å². The summed E-state index contributed by atoms with van der Waals surface area (Å²) in [6, 6.07) is 7.77. The third kappa shape index (κ3) is 6.78. The van der Waals surface area contributed by atoms with E-state index < -0.39 is 18.7 Å². The van der Waals surface area contributed by atoms with Crippen LogP contribution in [0.5, 0.6) is 0 Å². The van der Waals surface area contributed by atoms with E-state index in [1.54, 1.807) is 6.92 Å². The summed E-state index contributed by atoms with van der Waals surface area (Å²) in [5, 5.41) is 3.25. The van der Waals surface area contributed by atoms with Crippen molar-refractivity contribution >= 4 is 28.2 Å². The van der Waals surface area contributed by atoms with Gasteiger partial charge in [0.1, 0.15) is 10.6 Å². The molecule has 1 fully saturated rings. The Balaban J connectivity index is 1.72. The molecule has 0 unspecified atom stereocenters. The first-order valence-corrected chi connectivity index (χ1v) is 11.6. The second-order valence-corrected chi connectivity index (χ2v) is 9.26. The van der Waals surface area contributed by atoms with Crippen LogP contribution in [-0.4, -0.2) is 73.7 Å². The Kier molecular flexibility index (Phi) is 8.14. The molecule has 1 saturated heterocycles. The van der Waals surface area contributed by atoms with Crippen LogP contribution in [0.4, 0.5) is 18.2 Å². The number of ether oxygens (including phenoxy) is 1. The van der Waals surface area contributed by atoms with Gasteiger partial charge in [-0.3, -0.25) is 14.6 Å². The van der Waals surface area contributed by atoms with Crippen molar-refractivity contribution in [3.8, 4) is 11.1 Å². The van der Waals surface area contributed by atoms with Gasteiger partial charge in [-0.1, -0.05) is 29.8 Å². The number of piperazine rings is 1. The normalized spacial score (nSPS) is 15.5. The minimum absolute atomic E-state index is 0.0406. The van der Waals surface area contributed by atoms with Gasteiger partial charge < -0.3 is 10.1 Å². The number of alkyl halides is 3. The number of hydrogen-bond donors (Lipinski definition) is 1. The Morgan fingerprint density at radius 3 is 2.24 bits per heavy atom. The smallest absolute Gasteiger partial charge is 0.401 e. The molecule has 2 heterocycles. The molecule has 1 aliphatic rings. The SMILES string of the molecule is CCOC(=O)c1c(NC(=O)CN2CCN(CC(F)(F)F)CC2)sc(C)c1-c1ccc(C)cc1. The number of nitrogens with one attached hydrogen (secondary N) is 1. The number of rotatable bonds is 7. The number of nitrogens with zero attached hydrogens (tertiary/aromatic N) is 2. The fourth-order valence-electron chi connectivity index (χ4n) is 3.83. The minimum Gasteiger partial charge on any atom is -0.462 e. The molecule has 33 heavy (non-hydrogen) atoms. The van der Waals surface area contributed by atoms with E-state index in [1.165, 1.54) is 16.2 Å². The van der Waals surface area contributed by atoms with Crippen LogP contribution in [0.1, 0.15) is 27.7 Å². The molecule has 0 aliphatic carbocycles. The zero-order valence-electron chi connectivity index (χ0n) is 18.9. The molecule has 1 aromatic heterocycles. The summed E-state index contributed by atoms with van der Waals surface area (Å²) >= 11 is 1.31. The first kappa shape index (κ1) is 25.2. The average molecular weight is 484 g/mol. The van der Waals surface area contributed by atoms with Gasteiger partial charge in [-0.2, -0.15) is 13.2 Å². The van der Waals surface area contributed by atoms with Crippen molar-refractivity contribution in [1.82, 2.24) is 9.80 Å². The molecule has 2 aromatic rings. The van der Waals surface area contributed by atoms with Crippen molar-refractivity contribution in [2.75, 3.05) is 51.2 Å². The molecule has 10 heteroatoms. The third-order valence-electron chi connectivity index (χ3n) is 5.39. The maximum Gasteiger partial charge on any atom is 0.401 e. The molecule has 6 nitrogen and oxygen atoms in total. The zero-order valence-corrected chi connectivity index (χ0v) is 19.7. The van der Waals surface area contributed by atoms with Gasteiger partial charge >= 0.3 is 12.1 Å². The summed E-state index contributed by atoms with van der Waals surface area (Å²) in [4.78, 5) is 29.5. The predicted octanol–water partition coefficient (Wildman–Crippen LogP) is 4.33. The molecule has 1 aromatic carbocycles. The Morgan fingerprint density at radius 1 is 1.06 bits per heavy atom. The van der Waals surface area contributed by atoms with E-state index >= 15 is 0 Å². The van der Waals surface area contributed by atoms with E-state index in [1.807, 2.05) is 43.0 Å². The molecule has 1 aliphatic heterocycles. The van der Waals surface area contributed by atoms with Crippen LogP contribution in [0.25, 0.3) is 11.1 Å². The highest BCUT2D eigenvalue weighted by molar-refractivity contribution is 7.17. The number of benzene rings is 1. The number of halogens is 3. The van der Waals surface area contributed by atoms with Crippen LogP contribution >= 0.6 is 11.3 Å². The fraction of sp³-hybridized carbons (Fsp3) is 0.478. The second kappa shape index (κ2) is 10.7. The van der Waals surface area contributed by atoms with E-state index in [9.17, 15) is 22.8 Å². The van der Waals surface area contributed by atoms with Crippen molar-refractivity contribution in [3.05, 3.63) is 40.3 Å². The van der Waals surface area contributed by atoms with E-state index in [4.69, 9.17) is 4.74 Å². The number of carbonyl (C=O) groups is 2. The molecular formula is C23H28F3N3O3S. The van der Waals surface area contributed by atoms with Gasteiger partial charge in [0, 0.05) is 36.6 Å². The van der Waals surface area contributed by atoms with Crippen LogP contribution in [-0.2, 0) is 9.53 Å². The summed E-state index contributed by atoms with van der Waals surface area (Å²) < 4.78 is 43.0. The number of thiophene rings is 1. The van der Waals surface area contributed by atoms with Crippen LogP contribution in [0, 0.1) is 13.8 Å². The highest BCUT2D eigenvalue weighted by Gasteiger charge is 2.32. The number of amides is 1. The molecular weight excluding hydrogens is 455 g/mol. The highest BCUT2D eigenvalue weighted by Crippen LogP contribution is 2.40. The molecule has 0 spiro atoms. The maximum absolute atomic E-state index is 12.8. The number of aryl methyl sites for hydroxylation is 2. The van der Waals surface area contributed by atoms with Crippen molar-refractivity contribution in [3.63, 3.8) is 0 Å². The van der Waals surface area contributed by atoms with Crippen molar-refractivity contribution < 1.29 is 27.5 Å². The Labute approximate surface area is 195 Å². The van der Waals surface area contributed by atoms with Gasteiger partial charge in [0.15, 0.2) is 0 Å². The molecule has 1 amide bonds. The first-order valence-electron chi connectivity index (χ1n) is 10.8. The molecule has 0 saturated carbocycles. The fourth-order valence-corrected chi connectivity index (χ4v) is 4.91. The van der Waals surface area contributed by atoms with Crippen LogP contribution in [0.15, 0.2) is 24.3 Å². The van der Waals surface area contributed by atoms with E-state index in [0.717, 1.165) is 21.6 Å². The molecule has 3 rings (SSSR count). The molecule has 0 radical (unpaired) electrons. The van der Waals surface area contributed by atoms with Gasteiger partial charge in [-0.15, -0.1) is 11.3 Å². The number of carbonyl (C=O) groups excluding carboxylic acids is 2. The lowest BCUT2D eigenvalue weighted by atomic mass is 10.0. The van der Waals surface area contributed by atoms with E-state index in [2.05, 4.69) is 5.32 Å². The van der Waals surface area contributed by atoms with Gasteiger partial charge in [0.05, 0.1) is 19.7 Å². The predicted molar refractivity (Wildman–Crippen MR) is 123 cm³/mol.